The van der Waals surface area contributed by atoms with Gasteiger partial charge in [-0.15, -0.1) is 0 Å². The van der Waals surface area contributed by atoms with Gasteiger partial charge in [0.25, 0.3) is 0 Å². The third-order valence-corrected chi connectivity index (χ3v) is 3.08. The molecule has 0 heterocycles. The van der Waals surface area contributed by atoms with Gasteiger partial charge in [-0.25, -0.2) is 0 Å². The summed E-state index contributed by atoms with van der Waals surface area (Å²) in [4.78, 5) is 2.36. The Hall–Kier alpha value is -0.730. The molecule has 1 aromatic rings. The van der Waals surface area contributed by atoms with Crippen LogP contribution in [0, 0.1) is 0 Å². The van der Waals surface area contributed by atoms with Crippen LogP contribution in [0.2, 0.25) is 5.02 Å². The summed E-state index contributed by atoms with van der Waals surface area (Å²) in [5, 5.41) is 4.01. The standard InChI is InChI=1S/C13H21ClN2/c1-5-16(10(2)3)13-8-6-7-12(14)11(13)9-15-4/h6-8,10,15H,5,9H2,1-4H3. The fourth-order valence-electron chi connectivity index (χ4n) is 1.98. The van der Waals surface area contributed by atoms with Gasteiger partial charge in [-0.3, -0.25) is 0 Å². The Kier molecular flexibility index (Phi) is 5.10. The van der Waals surface area contributed by atoms with E-state index < -0.39 is 0 Å². The summed E-state index contributed by atoms with van der Waals surface area (Å²) >= 11 is 6.25. The van der Waals surface area contributed by atoms with E-state index in [-0.39, 0.29) is 0 Å². The van der Waals surface area contributed by atoms with Gasteiger partial charge in [-0.2, -0.15) is 0 Å². The van der Waals surface area contributed by atoms with Crippen molar-refractivity contribution < 1.29 is 0 Å². The minimum Gasteiger partial charge on any atom is -0.369 e. The van der Waals surface area contributed by atoms with Gasteiger partial charge < -0.3 is 10.2 Å². The Balaban J connectivity index is 3.14. The summed E-state index contributed by atoms with van der Waals surface area (Å²) in [6, 6.07) is 6.59. The molecule has 0 saturated heterocycles. The predicted molar refractivity (Wildman–Crippen MR) is 72.4 cm³/mol. The second-order valence-corrected chi connectivity index (χ2v) is 4.55. The highest BCUT2D eigenvalue weighted by Gasteiger charge is 2.14. The van der Waals surface area contributed by atoms with Crippen molar-refractivity contribution in [2.45, 2.75) is 33.4 Å². The average molecular weight is 241 g/mol. The number of hydrogen-bond acceptors (Lipinski definition) is 2. The molecule has 16 heavy (non-hydrogen) atoms. The van der Waals surface area contributed by atoms with Crippen LogP contribution in [-0.4, -0.2) is 19.6 Å². The Labute approximate surface area is 104 Å². The van der Waals surface area contributed by atoms with Crippen LogP contribution in [0.15, 0.2) is 18.2 Å². The Morgan fingerprint density at radius 2 is 2.06 bits per heavy atom. The predicted octanol–water partition coefficient (Wildman–Crippen LogP) is 3.29. The quantitative estimate of drug-likeness (QED) is 0.850. The van der Waals surface area contributed by atoms with E-state index in [0.29, 0.717) is 6.04 Å². The van der Waals surface area contributed by atoms with Crippen molar-refractivity contribution in [3.05, 3.63) is 28.8 Å². The summed E-state index contributed by atoms with van der Waals surface area (Å²) < 4.78 is 0. The van der Waals surface area contributed by atoms with E-state index in [1.807, 2.05) is 19.2 Å². The Morgan fingerprint density at radius 3 is 2.56 bits per heavy atom. The monoisotopic (exact) mass is 240 g/mol. The first-order chi connectivity index (χ1) is 7.61. The van der Waals surface area contributed by atoms with Crippen molar-refractivity contribution in [2.24, 2.45) is 0 Å². The van der Waals surface area contributed by atoms with Gasteiger partial charge in [0.05, 0.1) is 0 Å². The molecule has 90 valence electrons. The van der Waals surface area contributed by atoms with Crippen molar-refractivity contribution in [3.8, 4) is 0 Å². The van der Waals surface area contributed by atoms with Gasteiger partial charge in [-0.05, 0) is 40.0 Å². The van der Waals surface area contributed by atoms with E-state index in [1.54, 1.807) is 0 Å². The molecule has 0 amide bonds. The topological polar surface area (TPSA) is 15.3 Å². The van der Waals surface area contributed by atoms with E-state index in [2.05, 4.69) is 37.1 Å². The van der Waals surface area contributed by atoms with E-state index in [0.717, 1.165) is 18.1 Å². The van der Waals surface area contributed by atoms with Crippen molar-refractivity contribution in [3.63, 3.8) is 0 Å². The fraction of sp³-hybridized carbons (Fsp3) is 0.538. The molecule has 0 radical (unpaired) electrons. The van der Waals surface area contributed by atoms with Crippen LogP contribution in [0.5, 0.6) is 0 Å². The summed E-state index contributed by atoms with van der Waals surface area (Å²) in [5.74, 6) is 0. The minimum absolute atomic E-state index is 0.485. The number of nitrogens with zero attached hydrogens (tertiary/aromatic N) is 1. The summed E-state index contributed by atoms with van der Waals surface area (Å²) in [6.07, 6.45) is 0. The van der Waals surface area contributed by atoms with Gasteiger partial charge in [0.1, 0.15) is 0 Å². The van der Waals surface area contributed by atoms with Crippen LogP contribution in [0.3, 0.4) is 0 Å². The number of nitrogens with one attached hydrogen (secondary N) is 1. The van der Waals surface area contributed by atoms with Crippen LogP contribution >= 0.6 is 11.6 Å². The molecule has 0 spiro atoms. The molecule has 0 aliphatic carbocycles. The van der Waals surface area contributed by atoms with E-state index >= 15 is 0 Å². The molecule has 0 aliphatic heterocycles. The van der Waals surface area contributed by atoms with Gasteiger partial charge in [0, 0.05) is 35.4 Å². The first-order valence-electron chi connectivity index (χ1n) is 5.80. The molecule has 0 unspecified atom stereocenters. The fourth-order valence-corrected chi connectivity index (χ4v) is 2.22. The van der Waals surface area contributed by atoms with E-state index in [4.69, 9.17) is 11.6 Å². The van der Waals surface area contributed by atoms with Gasteiger partial charge >= 0.3 is 0 Å². The molecule has 0 aliphatic rings. The molecule has 1 rings (SSSR count). The molecular formula is C13H21ClN2. The molecule has 0 bridgehead atoms. The third kappa shape index (κ3) is 2.89. The first-order valence-corrected chi connectivity index (χ1v) is 6.18. The average Bonchev–Trinajstić information content (AvgIpc) is 2.23. The highest BCUT2D eigenvalue weighted by molar-refractivity contribution is 6.31. The molecule has 0 atom stereocenters. The molecule has 0 saturated carbocycles. The maximum absolute atomic E-state index is 6.25. The van der Waals surface area contributed by atoms with Crippen LogP contribution in [-0.2, 0) is 6.54 Å². The molecule has 1 aromatic carbocycles. The van der Waals surface area contributed by atoms with Crippen LogP contribution < -0.4 is 10.2 Å². The lowest BCUT2D eigenvalue weighted by Gasteiger charge is -2.30. The van der Waals surface area contributed by atoms with Crippen molar-refractivity contribution in [1.29, 1.82) is 0 Å². The second kappa shape index (κ2) is 6.12. The van der Waals surface area contributed by atoms with Gasteiger partial charge in [0.2, 0.25) is 0 Å². The van der Waals surface area contributed by atoms with E-state index in [1.165, 1.54) is 11.3 Å². The lowest BCUT2D eigenvalue weighted by atomic mass is 10.1. The number of rotatable bonds is 5. The lowest BCUT2D eigenvalue weighted by Crippen LogP contribution is -2.31. The van der Waals surface area contributed by atoms with Crippen molar-refractivity contribution in [2.75, 3.05) is 18.5 Å². The normalized spacial score (nSPS) is 10.9. The zero-order chi connectivity index (χ0) is 12.1. The number of halogens is 1. The molecule has 3 heteroatoms. The summed E-state index contributed by atoms with van der Waals surface area (Å²) in [5.41, 5.74) is 2.42. The number of benzene rings is 1. The SMILES string of the molecule is CCN(c1cccc(Cl)c1CNC)C(C)C. The summed E-state index contributed by atoms with van der Waals surface area (Å²) in [7, 11) is 1.94. The highest BCUT2D eigenvalue weighted by atomic mass is 35.5. The van der Waals surface area contributed by atoms with Gasteiger partial charge in [0.15, 0.2) is 0 Å². The largest absolute Gasteiger partial charge is 0.369 e. The van der Waals surface area contributed by atoms with E-state index in [9.17, 15) is 0 Å². The maximum atomic E-state index is 6.25. The number of hydrogen-bond donors (Lipinski definition) is 1. The Morgan fingerprint density at radius 1 is 1.38 bits per heavy atom. The molecular weight excluding hydrogens is 220 g/mol. The molecule has 2 nitrogen and oxygen atoms in total. The van der Waals surface area contributed by atoms with Crippen molar-refractivity contribution in [1.82, 2.24) is 5.32 Å². The summed E-state index contributed by atoms with van der Waals surface area (Å²) in [6.45, 7) is 8.37. The molecule has 1 N–H and O–H groups in total. The lowest BCUT2D eigenvalue weighted by molar-refractivity contribution is 0.694. The van der Waals surface area contributed by atoms with Crippen LogP contribution in [0.25, 0.3) is 0 Å². The zero-order valence-corrected chi connectivity index (χ0v) is 11.3. The number of anilines is 1. The first kappa shape index (κ1) is 13.3. The zero-order valence-electron chi connectivity index (χ0n) is 10.5. The molecule has 0 aromatic heterocycles. The van der Waals surface area contributed by atoms with Crippen LogP contribution in [0.4, 0.5) is 5.69 Å². The van der Waals surface area contributed by atoms with Gasteiger partial charge in [-0.1, -0.05) is 17.7 Å². The van der Waals surface area contributed by atoms with Crippen molar-refractivity contribution >= 4 is 17.3 Å². The highest BCUT2D eigenvalue weighted by Crippen LogP contribution is 2.28. The second-order valence-electron chi connectivity index (χ2n) is 4.15. The third-order valence-electron chi connectivity index (χ3n) is 2.72. The molecule has 0 fully saturated rings. The minimum atomic E-state index is 0.485. The van der Waals surface area contributed by atoms with Crippen LogP contribution in [0.1, 0.15) is 26.3 Å². The Bertz CT molecular complexity index is 337. The maximum Gasteiger partial charge on any atom is 0.0471 e. The smallest absolute Gasteiger partial charge is 0.0471 e.